The van der Waals surface area contributed by atoms with Gasteiger partial charge in [-0.1, -0.05) is 44.2 Å². The predicted octanol–water partition coefficient (Wildman–Crippen LogP) is 3.00. The number of hydrogen-bond donors (Lipinski definition) is 1. The van der Waals surface area contributed by atoms with Gasteiger partial charge < -0.3 is 5.32 Å². The van der Waals surface area contributed by atoms with Crippen molar-refractivity contribution in [1.82, 2.24) is 5.32 Å². The van der Waals surface area contributed by atoms with Crippen LogP contribution in [-0.4, -0.2) is 17.8 Å². The lowest BCUT2D eigenvalue weighted by Gasteiger charge is -2.21. The molecule has 1 N–H and O–H groups in total. The first-order valence-corrected chi connectivity index (χ1v) is 6.56. The van der Waals surface area contributed by atoms with Crippen LogP contribution in [0.25, 0.3) is 0 Å². The minimum absolute atomic E-state index is 0.0695. The lowest BCUT2D eigenvalue weighted by Crippen LogP contribution is -2.39. The van der Waals surface area contributed by atoms with E-state index in [1.807, 2.05) is 30.3 Å². The summed E-state index contributed by atoms with van der Waals surface area (Å²) in [6, 6.07) is 9.94. The molecule has 0 saturated carbocycles. The maximum Gasteiger partial charge on any atom is 0.224 e. The fourth-order valence-corrected chi connectivity index (χ4v) is 1.96. The van der Waals surface area contributed by atoms with Crippen molar-refractivity contribution in [2.75, 3.05) is 5.88 Å². The van der Waals surface area contributed by atoms with E-state index >= 15 is 0 Å². The van der Waals surface area contributed by atoms with Crippen molar-refractivity contribution in [3.05, 3.63) is 35.9 Å². The van der Waals surface area contributed by atoms with E-state index in [0.29, 0.717) is 18.2 Å². The summed E-state index contributed by atoms with van der Waals surface area (Å²) in [7, 11) is 0. The first-order valence-electron chi connectivity index (χ1n) is 6.02. The second-order valence-electron chi connectivity index (χ2n) is 4.56. The molecule has 1 amide bonds. The van der Waals surface area contributed by atoms with E-state index in [-0.39, 0.29) is 11.9 Å². The van der Waals surface area contributed by atoms with Gasteiger partial charge in [0.2, 0.25) is 5.91 Å². The van der Waals surface area contributed by atoms with Crippen molar-refractivity contribution in [2.45, 2.75) is 32.7 Å². The third-order valence-electron chi connectivity index (χ3n) is 2.78. The largest absolute Gasteiger partial charge is 0.353 e. The number of rotatable bonds is 6. The van der Waals surface area contributed by atoms with E-state index in [2.05, 4.69) is 19.2 Å². The van der Waals surface area contributed by atoms with Crippen molar-refractivity contribution in [1.29, 1.82) is 0 Å². The Bertz CT molecular complexity index is 337. The van der Waals surface area contributed by atoms with Crippen LogP contribution < -0.4 is 5.32 Å². The predicted molar refractivity (Wildman–Crippen MR) is 72.3 cm³/mol. The molecule has 0 saturated heterocycles. The molecule has 0 aliphatic carbocycles. The molecule has 0 heterocycles. The molecule has 0 radical (unpaired) electrons. The van der Waals surface area contributed by atoms with Crippen molar-refractivity contribution in [3.8, 4) is 0 Å². The molecule has 0 aromatic heterocycles. The Balaban J connectivity index is 2.48. The van der Waals surface area contributed by atoms with Crippen LogP contribution in [0.3, 0.4) is 0 Å². The molecule has 2 nitrogen and oxygen atoms in total. The van der Waals surface area contributed by atoms with Gasteiger partial charge in [-0.05, 0) is 17.9 Å². The zero-order valence-electron chi connectivity index (χ0n) is 10.4. The van der Waals surface area contributed by atoms with E-state index in [1.165, 1.54) is 0 Å². The zero-order chi connectivity index (χ0) is 12.7. The fraction of sp³-hybridized carbons (Fsp3) is 0.500. The highest BCUT2D eigenvalue weighted by molar-refractivity contribution is 6.17. The van der Waals surface area contributed by atoms with Gasteiger partial charge >= 0.3 is 0 Å². The van der Waals surface area contributed by atoms with Crippen LogP contribution in [0, 0.1) is 5.92 Å². The number of amides is 1. The summed E-state index contributed by atoms with van der Waals surface area (Å²) in [5.74, 6) is 1.06. The molecule has 1 atom stereocenters. The van der Waals surface area contributed by atoms with Crippen LogP contribution in [0.1, 0.15) is 25.8 Å². The van der Waals surface area contributed by atoms with Crippen LogP contribution in [-0.2, 0) is 11.2 Å². The minimum Gasteiger partial charge on any atom is -0.353 e. The van der Waals surface area contributed by atoms with Crippen LogP contribution in [0.4, 0.5) is 0 Å². The first-order chi connectivity index (χ1) is 8.13. The van der Waals surface area contributed by atoms with Crippen LogP contribution in [0.2, 0.25) is 0 Å². The average molecular weight is 254 g/mol. The van der Waals surface area contributed by atoms with E-state index in [0.717, 1.165) is 12.0 Å². The third kappa shape index (κ3) is 5.22. The summed E-state index contributed by atoms with van der Waals surface area (Å²) in [4.78, 5) is 11.8. The molecule has 3 heteroatoms. The van der Waals surface area contributed by atoms with Gasteiger partial charge in [0, 0.05) is 11.9 Å². The molecule has 1 aromatic carbocycles. The van der Waals surface area contributed by atoms with Crippen LogP contribution in [0.5, 0.6) is 0 Å². The smallest absolute Gasteiger partial charge is 0.224 e. The van der Waals surface area contributed by atoms with Gasteiger partial charge in [0.25, 0.3) is 0 Å². The van der Waals surface area contributed by atoms with Crippen molar-refractivity contribution in [3.63, 3.8) is 0 Å². The molecule has 0 aliphatic rings. The molecule has 1 aromatic rings. The van der Waals surface area contributed by atoms with E-state index in [9.17, 15) is 4.79 Å². The van der Waals surface area contributed by atoms with Gasteiger partial charge in [-0.2, -0.15) is 0 Å². The number of alkyl halides is 1. The summed E-state index contributed by atoms with van der Waals surface area (Å²) in [6.07, 6.45) is 1.26. The Morgan fingerprint density at radius 3 is 2.47 bits per heavy atom. The monoisotopic (exact) mass is 253 g/mol. The highest BCUT2D eigenvalue weighted by Crippen LogP contribution is 2.08. The Morgan fingerprint density at radius 2 is 1.94 bits per heavy atom. The summed E-state index contributed by atoms with van der Waals surface area (Å²) in [5.41, 5.74) is 1.04. The lowest BCUT2D eigenvalue weighted by molar-refractivity contribution is -0.121. The lowest BCUT2D eigenvalue weighted by atomic mass is 10.0. The summed E-state index contributed by atoms with van der Waals surface area (Å²) in [6.45, 7) is 4.19. The maximum atomic E-state index is 11.8. The number of carbonyl (C=O) groups is 1. The Hall–Kier alpha value is -1.02. The SMILES string of the molecule is CC(C)C(CCCl)NC(=O)Cc1ccccc1. The zero-order valence-corrected chi connectivity index (χ0v) is 11.2. The fourth-order valence-electron chi connectivity index (χ4n) is 1.73. The molecule has 17 heavy (non-hydrogen) atoms. The Morgan fingerprint density at radius 1 is 1.29 bits per heavy atom. The third-order valence-corrected chi connectivity index (χ3v) is 3.00. The second-order valence-corrected chi connectivity index (χ2v) is 4.94. The molecule has 0 bridgehead atoms. The minimum atomic E-state index is 0.0695. The number of hydrogen-bond acceptors (Lipinski definition) is 1. The highest BCUT2D eigenvalue weighted by atomic mass is 35.5. The molecular weight excluding hydrogens is 234 g/mol. The van der Waals surface area contributed by atoms with Gasteiger partial charge in [-0.25, -0.2) is 0 Å². The Labute approximate surface area is 108 Å². The molecule has 0 spiro atoms. The molecule has 0 fully saturated rings. The number of halogens is 1. The maximum absolute atomic E-state index is 11.8. The summed E-state index contributed by atoms with van der Waals surface area (Å²) in [5, 5.41) is 3.04. The number of nitrogens with one attached hydrogen (secondary N) is 1. The van der Waals surface area contributed by atoms with Gasteiger partial charge in [-0.15, -0.1) is 11.6 Å². The molecular formula is C14H20ClNO. The van der Waals surface area contributed by atoms with Gasteiger partial charge in [0.1, 0.15) is 0 Å². The second kappa shape index (κ2) is 7.33. The Kier molecular flexibility index (Phi) is 6.06. The number of benzene rings is 1. The topological polar surface area (TPSA) is 29.1 Å². The average Bonchev–Trinajstić information content (AvgIpc) is 2.29. The number of carbonyl (C=O) groups excluding carboxylic acids is 1. The quantitative estimate of drug-likeness (QED) is 0.776. The molecule has 0 aliphatic heterocycles. The molecule has 1 rings (SSSR count). The van der Waals surface area contributed by atoms with Crippen molar-refractivity contribution >= 4 is 17.5 Å². The van der Waals surface area contributed by atoms with Gasteiger partial charge in [0.05, 0.1) is 6.42 Å². The van der Waals surface area contributed by atoms with Crippen molar-refractivity contribution in [2.24, 2.45) is 5.92 Å². The van der Waals surface area contributed by atoms with E-state index in [4.69, 9.17) is 11.6 Å². The summed E-state index contributed by atoms with van der Waals surface area (Å²) >= 11 is 5.73. The molecule has 1 unspecified atom stereocenters. The van der Waals surface area contributed by atoms with E-state index < -0.39 is 0 Å². The van der Waals surface area contributed by atoms with Crippen LogP contribution >= 0.6 is 11.6 Å². The van der Waals surface area contributed by atoms with E-state index in [1.54, 1.807) is 0 Å². The van der Waals surface area contributed by atoms with Gasteiger partial charge in [0.15, 0.2) is 0 Å². The van der Waals surface area contributed by atoms with Crippen LogP contribution in [0.15, 0.2) is 30.3 Å². The highest BCUT2D eigenvalue weighted by Gasteiger charge is 2.15. The normalized spacial score (nSPS) is 12.5. The molecule has 94 valence electrons. The van der Waals surface area contributed by atoms with Gasteiger partial charge in [-0.3, -0.25) is 4.79 Å². The standard InChI is InChI=1S/C14H20ClNO/c1-11(2)13(8-9-15)16-14(17)10-12-6-4-3-5-7-12/h3-7,11,13H,8-10H2,1-2H3,(H,16,17). The first kappa shape index (κ1) is 14.0. The summed E-state index contributed by atoms with van der Waals surface area (Å²) < 4.78 is 0. The van der Waals surface area contributed by atoms with Crippen molar-refractivity contribution < 1.29 is 4.79 Å².